The van der Waals surface area contributed by atoms with Crippen molar-refractivity contribution in [2.24, 2.45) is 17.8 Å². The summed E-state index contributed by atoms with van der Waals surface area (Å²) in [6.45, 7) is 4.36. The topological polar surface area (TPSA) is 144 Å². The van der Waals surface area contributed by atoms with Gasteiger partial charge in [-0.05, 0) is 62.6 Å². The quantitative estimate of drug-likeness (QED) is 0.311. The van der Waals surface area contributed by atoms with Crippen molar-refractivity contribution >= 4 is 33.0 Å². The highest BCUT2D eigenvalue weighted by Crippen LogP contribution is 2.61. The van der Waals surface area contributed by atoms with E-state index in [9.17, 15) is 46.8 Å². The zero-order valence-corrected chi connectivity index (χ0v) is 22.8. The lowest BCUT2D eigenvalue weighted by Gasteiger charge is -2.65. The highest BCUT2D eigenvalue weighted by molar-refractivity contribution is 7.92. The number of anilines is 1. The number of aliphatic hydroxyl groups is 4. The number of carbonyl (C=O) groups excluding carboxylic acids is 1. The van der Waals surface area contributed by atoms with Crippen LogP contribution in [0, 0.1) is 35.2 Å². The van der Waals surface area contributed by atoms with Gasteiger partial charge in [-0.1, -0.05) is 18.5 Å². The van der Waals surface area contributed by atoms with Gasteiger partial charge in [-0.3, -0.25) is 4.79 Å². The summed E-state index contributed by atoms with van der Waals surface area (Å²) in [5, 5.41) is 43.5. The van der Waals surface area contributed by atoms with Gasteiger partial charge >= 0.3 is 0 Å². The van der Waals surface area contributed by atoms with Gasteiger partial charge in [0.1, 0.15) is 12.2 Å². The molecule has 13 heteroatoms. The standard InChI is InChI=1S/C26H29ClF3NO7S/c1-11-15-9-14(10-16(11)26(15,36)23(33)22(32)25(2,3)35)39(37,38)20-6-12(4-5-17(20)27)24(34)31-13-7-18(28)21(30)19(29)8-13/h4-8,11,14-16,22-23,32-33,35-36H,9-10H2,1-3H3,(H,31,34)/t11-,14?,15?,16?,22?,23?,26+. The molecule has 0 heterocycles. The van der Waals surface area contributed by atoms with Crippen molar-refractivity contribution in [3.8, 4) is 0 Å². The number of benzene rings is 2. The SMILES string of the molecule is CC(C)(O)C(O)C(O)[C@]1(O)C2CC(S(=O)(=O)c3cc(C(=O)Nc4cc(F)c(F)c(F)c4)ccc3Cl)CC1[C@@H]2C. The Kier molecular flexibility index (Phi) is 7.63. The minimum Gasteiger partial charge on any atom is -0.388 e. The zero-order valence-electron chi connectivity index (χ0n) is 21.2. The Labute approximate surface area is 228 Å². The lowest BCUT2D eigenvalue weighted by Crippen LogP contribution is -2.75. The number of halogens is 4. The monoisotopic (exact) mass is 591 g/mol. The summed E-state index contributed by atoms with van der Waals surface area (Å²) in [7, 11) is -4.18. The van der Waals surface area contributed by atoms with E-state index in [-0.39, 0.29) is 39.9 Å². The second-order valence-electron chi connectivity index (χ2n) is 11.0. The van der Waals surface area contributed by atoms with Crippen molar-refractivity contribution in [1.82, 2.24) is 0 Å². The largest absolute Gasteiger partial charge is 0.388 e. The molecular formula is C26H29ClF3NO7S. The Morgan fingerprint density at radius 3 is 2.15 bits per heavy atom. The number of fused-ring (bicyclic) bond motifs is 2. The summed E-state index contributed by atoms with van der Waals surface area (Å²) in [4.78, 5) is 12.3. The zero-order chi connectivity index (χ0) is 29.2. The number of nitrogens with one attached hydrogen (secondary N) is 1. The van der Waals surface area contributed by atoms with Crippen LogP contribution in [0.4, 0.5) is 18.9 Å². The fourth-order valence-corrected chi connectivity index (χ4v) is 8.30. The Morgan fingerprint density at radius 1 is 1.10 bits per heavy atom. The first kappa shape index (κ1) is 29.8. The molecular weight excluding hydrogens is 563 g/mol. The van der Waals surface area contributed by atoms with Crippen molar-refractivity contribution in [2.75, 3.05) is 5.32 Å². The minimum absolute atomic E-state index is 0.0764. The van der Waals surface area contributed by atoms with Crippen molar-refractivity contribution < 1.29 is 46.8 Å². The van der Waals surface area contributed by atoms with Gasteiger partial charge in [-0.25, -0.2) is 21.6 Å². The van der Waals surface area contributed by atoms with Crippen molar-refractivity contribution in [3.05, 3.63) is 58.4 Å². The Hall–Kier alpha value is -2.22. The molecule has 2 aromatic rings. The molecule has 3 aliphatic carbocycles. The Balaban J connectivity index is 1.58. The van der Waals surface area contributed by atoms with E-state index in [2.05, 4.69) is 5.32 Å². The number of hydrogen-bond donors (Lipinski definition) is 5. The average molecular weight is 592 g/mol. The number of aliphatic hydroxyl groups excluding tert-OH is 2. The minimum atomic E-state index is -4.18. The average Bonchev–Trinajstić information content (AvgIpc) is 2.86. The summed E-state index contributed by atoms with van der Waals surface area (Å²) in [6.07, 6.45) is -3.55. The molecule has 3 aliphatic rings. The first-order valence-electron chi connectivity index (χ1n) is 12.2. The molecule has 8 nitrogen and oxygen atoms in total. The molecule has 3 fully saturated rings. The third-order valence-electron chi connectivity index (χ3n) is 8.17. The van der Waals surface area contributed by atoms with Crippen molar-refractivity contribution in [1.29, 1.82) is 0 Å². The predicted octanol–water partition coefficient (Wildman–Crippen LogP) is 3.05. The molecule has 0 saturated heterocycles. The highest BCUT2D eigenvalue weighted by Gasteiger charge is 2.68. The molecule has 0 radical (unpaired) electrons. The molecule has 214 valence electrons. The molecule has 1 amide bonds. The van der Waals surface area contributed by atoms with Crippen molar-refractivity contribution in [2.45, 2.75) is 67.2 Å². The molecule has 0 aliphatic heterocycles. The van der Waals surface area contributed by atoms with Crippen LogP contribution in [0.1, 0.15) is 44.0 Å². The number of carbonyl (C=O) groups is 1. The third kappa shape index (κ3) is 4.95. The van der Waals surface area contributed by atoms with Crippen LogP contribution in [0.3, 0.4) is 0 Å². The lowest BCUT2D eigenvalue weighted by molar-refractivity contribution is -0.291. The normalized spacial score (nSPS) is 28.4. The second kappa shape index (κ2) is 10.0. The van der Waals surface area contributed by atoms with Gasteiger partial charge < -0.3 is 25.7 Å². The summed E-state index contributed by atoms with van der Waals surface area (Å²) in [6, 6.07) is 4.56. The maximum absolute atomic E-state index is 13.6. The van der Waals surface area contributed by atoms with Gasteiger partial charge in [0, 0.05) is 23.4 Å². The van der Waals surface area contributed by atoms with E-state index in [0.29, 0.717) is 12.1 Å². The van der Waals surface area contributed by atoms with Crippen LogP contribution in [-0.4, -0.2) is 63.4 Å². The van der Waals surface area contributed by atoms with E-state index in [1.807, 2.05) is 0 Å². The van der Waals surface area contributed by atoms with Crippen LogP contribution in [0.2, 0.25) is 5.02 Å². The molecule has 5 N–H and O–H groups in total. The van der Waals surface area contributed by atoms with E-state index < -0.39 is 73.7 Å². The number of amides is 1. The molecule has 39 heavy (non-hydrogen) atoms. The van der Waals surface area contributed by atoms with Gasteiger partial charge in [0.25, 0.3) is 5.91 Å². The number of sulfone groups is 1. The van der Waals surface area contributed by atoms with E-state index in [4.69, 9.17) is 11.6 Å². The van der Waals surface area contributed by atoms with Gasteiger partial charge in [0.05, 0.1) is 26.4 Å². The lowest BCUT2D eigenvalue weighted by atomic mass is 9.45. The van der Waals surface area contributed by atoms with Crippen molar-refractivity contribution in [3.63, 3.8) is 0 Å². The van der Waals surface area contributed by atoms with Crippen LogP contribution in [0.5, 0.6) is 0 Å². The molecule has 4 unspecified atom stereocenters. The summed E-state index contributed by atoms with van der Waals surface area (Å²) in [5.74, 6) is -7.26. The van der Waals surface area contributed by atoms with E-state index in [0.717, 1.165) is 6.07 Å². The molecule has 4 atom stereocenters. The van der Waals surface area contributed by atoms with Gasteiger partial charge in [0.15, 0.2) is 27.3 Å². The van der Waals surface area contributed by atoms with Gasteiger partial charge in [-0.15, -0.1) is 0 Å². The molecule has 2 bridgehead atoms. The second-order valence-corrected chi connectivity index (χ2v) is 13.6. The third-order valence-corrected chi connectivity index (χ3v) is 10.8. The van der Waals surface area contributed by atoms with Crippen LogP contribution in [-0.2, 0) is 9.84 Å². The molecule has 2 aromatic carbocycles. The van der Waals surface area contributed by atoms with Crippen LogP contribution in [0.15, 0.2) is 35.2 Å². The molecule has 0 spiro atoms. The fraction of sp³-hybridized carbons (Fsp3) is 0.500. The Bertz CT molecular complexity index is 1380. The van der Waals surface area contributed by atoms with Gasteiger partial charge in [0.2, 0.25) is 0 Å². The fourth-order valence-electron chi connectivity index (χ4n) is 5.95. The van der Waals surface area contributed by atoms with E-state index >= 15 is 0 Å². The van der Waals surface area contributed by atoms with Crippen LogP contribution < -0.4 is 5.32 Å². The number of rotatable bonds is 7. The molecule has 5 rings (SSSR count). The number of hydrogen-bond acceptors (Lipinski definition) is 7. The molecule has 0 aromatic heterocycles. The maximum atomic E-state index is 13.6. The smallest absolute Gasteiger partial charge is 0.255 e. The summed E-state index contributed by atoms with van der Waals surface area (Å²) >= 11 is 6.20. The van der Waals surface area contributed by atoms with Gasteiger partial charge in [-0.2, -0.15) is 0 Å². The Morgan fingerprint density at radius 2 is 1.64 bits per heavy atom. The van der Waals surface area contributed by atoms with Crippen LogP contribution >= 0.6 is 11.6 Å². The van der Waals surface area contributed by atoms with Crippen LogP contribution in [0.25, 0.3) is 0 Å². The summed E-state index contributed by atoms with van der Waals surface area (Å²) < 4.78 is 67.5. The predicted molar refractivity (Wildman–Crippen MR) is 135 cm³/mol. The van der Waals surface area contributed by atoms with E-state index in [1.165, 1.54) is 26.0 Å². The van der Waals surface area contributed by atoms with E-state index in [1.54, 1.807) is 6.92 Å². The maximum Gasteiger partial charge on any atom is 0.255 e. The summed E-state index contributed by atoms with van der Waals surface area (Å²) in [5.41, 5.74) is -4.11. The highest BCUT2D eigenvalue weighted by atomic mass is 35.5. The molecule has 3 saturated carbocycles. The first-order valence-corrected chi connectivity index (χ1v) is 14.1. The first-order chi connectivity index (χ1) is 17.9.